The van der Waals surface area contributed by atoms with Crippen LogP contribution in [0, 0.1) is 10.1 Å². The number of guanidine groups is 1. The third-order valence-electron chi connectivity index (χ3n) is 3.83. The van der Waals surface area contributed by atoms with E-state index in [1.807, 2.05) is 49.2 Å². The second kappa shape index (κ2) is 11.4. The molecule has 0 atom stereocenters. The summed E-state index contributed by atoms with van der Waals surface area (Å²) in [5, 5.41) is 14.2. The molecule has 1 N–H and O–H groups in total. The first-order chi connectivity index (χ1) is 12.5. The molecule has 0 fully saturated rings. The molecule has 0 bridgehead atoms. The summed E-state index contributed by atoms with van der Waals surface area (Å²) in [6.07, 6.45) is 0. The molecule has 0 aromatic heterocycles. The van der Waals surface area contributed by atoms with E-state index < -0.39 is 4.92 Å². The lowest BCUT2D eigenvalue weighted by Gasteiger charge is -2.23. The molecule has 0 aliphatic rings. The van der Waals surface area contributed by atoms with E-state index in [0.29, 0.717) is 13.1 Å². The zero-order valence-corrected chi connectivity index (χ0v) is 18.0. The van der Waals surface area contributed by atoms with Gasteiger partial charge in [0.2, 0.25) is 0 Å². The SMILES string of the molecule is CCNC(=NCc1cccc([N+](=O)[O-])c1)N(C)Cc1ccccc1OC.I. The van der Waals surface area contributed by atoms with Gasteiger partial charge in [0.15, 0.2) is 5.96 Å². The summed E-state index contributed by atoms with van der Waals surface area (Å²) in [6.45, 7) is 3.72. The number of nitrogens with one attached hydrogen (secondary N) is 1. The molecule has 8 heteroatoms. The third-order valence-corrected chi connectivity index (χ3v) is 3.83. The molecular weight excluding hydrogens is 459 g/mol. The Labute approximate surface area is 176 Å². The first-order valence-corrected chi connectivity index (χ1v) is 8.39. The Morgan fingerprint density at radius 2 is 2.00 bits per heavy atom. The van der Waals surface area contributed by atoms with E-state index in [0.717, 1.165) is 29.4 Å². The van der Waals surface area contributed by atoms with E-state index in [4.69, 9.17) is 4.74 Å². The predicted octanol–water partition coefficient (Wildman–Crippen LogP) is 3.82. The lowest BCUT2D eigenvalue weighted by atomic mass is 10.2. The first kappa shape index (κ1) is 22.7. The molecule has 0 saturated heterocycles. The standard InChI is InChI=1S/C19H24N4O3.HI/c1-4-20-19(21-13-15-8-7-10-17(12-15)23(24)25)22(2)14-16-9-5-6-11-18(16)26-3;/h5-12H,4,13-14H2,1-3H3,(H,20,21);1H. The number of rotatable bonds is 7. The lowest BCUT2D eigenvalue weighted by Crippen LogP contribution is -2.38. The third kappa shape index (κ3) is 6.70. The lowest BCUT2D eigenvalue weighted by molar-refractivity contribution is -0.384. The summed E-state index contributed by atoms with van der Waals surface area (Å²) in [4.78, 5) is 17.1. The van der Waals surface area contributed by atoms with Crippen molar-refractivity contribution in [2.45, 2.75) is 20.0 Å². The molecule has 2 rings (SSSR count). The number of nitro groups is 1. The van der Waals surface area contributed by atoms with Crippen molar-refractivity contribution in [1.82, 2.24) is 10.2 Å². The number of ether oxygens (including phenoxy) is 1. The van der Waals surface area contributed by atoms with Crippen LogP contribution < -0.4 is 10.1 Å². The average molecular weight is 484 g/mol. The van der Waals surface area contributed by atoms with E-state index in [-0.39, 0.29) is 29.7 Å². The summed E-state index contributed by atoms with van der Waals surface area (Å²) >= 11 is 0. The number of aliphatic imine (C=N–C) groups is 1. The zero-order valence-electron chi connectivity index (χ0n) is 15.7. The smallest absolute Gasteiger partial charge is 0.269 e. The molecule has 2 aromatic rings. The Hall–Kier alpha value is -2.36. The molecule has 146 valence electrons. The van der Waals surface area contributed by atoms with Gasteiger partial charge in [-0.05, 0) is 18.6 Å². The molecule has 0 heterocycles. The van der Waals surface area contributed by atoms with Crippen molar-refractivity contribution >= 4 is 35.6 Å². The highest BCUT2D eigenvalue weighted by atomic mass is 127. The first-order valence-electron chi connectivity index (χ1n) is 8.39. The van der Waals surface area contributed by atoms with Gasteiger partial charge in [-0.2, -0.15) is 0 Å². The van der Waals surface area contributed by atoms with Crippen LogP contribution >= 0.6 is 24.0 Å². The number of benzene rings is 2. The van der Waals surface area contributed by atoms with Crippen LogP contribution in [0.2, 0.25) is 0 Å². The van der Waals surface area contributed by atoms with Gasteiger partial charge in [-0.1, -0.05) is 30.3 Å². The maximum absolute atomic E-state index is 10.9. The Morgan fingerprint density at radius 3 is 2.67 bits per heavy atom. The molecule has 0 unspecified atom stereocenters. The van der Waals surface area contributed by atoms with Crippen molar-refractivity contribution in [3.8, 4) is 5.75 Å². The maximum atomic E-state index is 10.9. The van der Waals surface area contributed by atoms with Gasteiger partial charge in [0, 0.05) is 37.8 Å². The van der Waals surface area contributed by atoms with Crippen molar-refractivity contribution in [2.24, 2.45) is 4.99 Å². The molecule has 2 aromatic carbocycles. The molecule has 0 amide bonds. The van der Waals surface area contributed by atoms with Crippen LogP contribution in [0.25, 0.3) is 0 Å². The quantitative estimate of drug-likeness (QED) is 0.213. The van der Waals surface area contributed by atoms with E-state index in [2.05, 4.69) is 10.3 Å². The van der Waals surface area contributed by atoms with Crippen molar-refractivity contribution in [3.05, 3.63) is 69.8 Å². The molecule has 0 radical (unpaired) electrons. The number of nitro benzene ring substituents is 1. The van der Waals surface area contributed by atoms with Crippen LogP contribution in [0.4, 0.5) is 5.69 Å². The van der Waals surface area contributed by atoms with Crippen LogP contribution in [-0.4, -0.2) is 36.5 Å². The number of hydrogen-bond acceptors (Lipinski definition) is 4. The Bertz CT molecular complexity index is 783. The minimum Gasteiger partial charge on any atom is -0.496 e. The Morgan fingerprint density at radius 1 is 1.26 bits per heavy atom. The fourth-order valence-electron chi connectivity index (χ4n) is 2.57. The summed E-state index contributed by atoms with van der Waals surface area (Å²) in [5.74, 6) is 1.55. The summed E-state index contributed by atoms with van der Waals surface area (Å²) in [7, 11) is 3.60. The minimum atomic E-state index is -0.397. The Kier molecular flexibility index (Phi) is 9.55. The van der Waals surface area contributed by atoms with E-state index in [1.54, 1.807) is 19.2 Å². The second-order valence-electron chi connectivity index (χ2n) is 5.77. The fourth-order valence-corrected chi connectivity index (χ4v) is 2.57. The number of nitrogens with zero attached hydrogens (tertiary/aromatic N) is 3. The van der Waals surface area contributed by atoms with Gasteiger partial charge in [-0.3, -0.25) is 10.1 Å². The number of non-ortho nitro benzene ring substituents is 1. The van der Waals surface area contributed by atoms with Crippen LogP contribution in [0.3, 0.4) is 0 Å². The summed E-state index contributed by atoms with van der Waals surface area (Å²) in [6, 6.07) is 14.4. The molecule has 0 aliphatic carbocycles. The van der Waals surface area contributed by atoms with Crippen molar-refractivity contribution in [3.63, 3.8) is 0 Å². The largest absolute Gasteiger partial charge is 0.496 e. The topological polar surface area (TPSA) is 80.0 Å². The van der Waals surface area contributed by atoms with Crippen LogP contribution in [0.5, 0.6) is 5.75 Å². The van der Waals surface area contributed by atoms with Gasteiger partial charge < -0.3 is 15.0 Å². The van der Waals surface area contributed by atoms with Gasteiger partial charge in [0.05, 0.1) is 18.6 Å². The van der Waals surface area contributed by atoms with Gasteiger partial charge in [-0.25, -0.2) is 4.99 Å². The number of methoxy groups -OCH3 is 1. The Balaban J connectivity index is 0.00000364. The maximum Gasteiger partial charge on any atom is 0.269 e. The number of hydrogen-bond donors (Lipinski definition) is 1. The van der Waals surface area contributed by atoms with Gasteiger partial charge in [0.25, 0.3) is 5.69 Å². The zero-order chi connectivity index (χ0) is 18.9. The number of halogens is 1. The highest BCUT2D eigenvalue weighted by molar-refractivity contribution is 14.0. The molecule has 27 heavy (non-hydrogen) atoms. The van der Waals surface area contributed by atoms with Crippen molar-refractivity contribution in [1.29, 1.82) is 0 Å². The average Bonchev–Trinajstić information content (AvgIpc) is 2.65. The van der Waals surface area contributed by atoms with Crippen LogP contribution in [0.15, 0.2) is 53.5 Å². The normalized spacial score (nSPS) is 10.7. The summed E-state index contributed by atoms with van der Waals surface area (Å²) in [5.41, 5.74) is 1.92. The highest BCUT2D eigenvalue weighted by Crippen LogP contribution is 2.19. The monoisotopic (exact) mass is 484 g/mol. The second-order valence-corrected chi connectivity index (χ2v) is 5.77. The van der Waals surface area contributed by atoms with Crippen LogP contribution in [0.1, 0.15) is 18.1 Å². The number of para-hydroxylation sites is 1. The van der Waals surface area contributed by atoms with Gasteiger partial charge >= 0.3 is 0 Å². The molecule has 0 saturated carbocycles. The van der Waals surface area contributed by atoms with E-state index >= 15 is 0 Å². The molecule has 7 nitrogen and oxygen atoms in total. The predicted molar refractivity (Wildman–Crippen MR) is 118 cm³/mol. The van der Waals surface area contributed by atoms with E-state index in [9.17, 15) is 10.1 Å². The van der Waals surface area contributed by atoms with E-state index in [1.165, 1.54) is 6.07 Å². The van der Waals surface area contributed by atoms with Crippen LogP contribution in [-0.2, 0) is 13.1 Å². The molecule has 0 spiro atoms. The molecule has 0 aliphatic heterocycles. The van der Waals surface area contributed by atoms with Gasteiger partial charge in [0.1, 0.15) is 5.75 Å². The van der Waals surface area contributed by atoms with Gasteiger partial charge in [-0.15, -0.1) is 24.0 Å². The summed E-state index contributed by atoms with van der Waals surface area (Å²) < 4.78 is 5.40. The molecular formula is C19H25IN4O3. The fraction of sp³-hybridized carbons (Fsp3) is 0.316. The van der Waals surface area contributed by atoms with Crippen molar-refractivity contribution in [2.75, 3.05) is 20.7 Å². The minimum absolute atomic E-state index is 0. The van der Waals surface area contributed by atoms with Crippen molar-refractivity contribution < 1.29 is 9.66 Å². The highest BCUT2D eigenvalue weighted by Gasteiger charge is 2.10.